The summed E-state index contributed by atoms with van der Waals surface area (Å²) >= 11 is 0. The Morgan fingerprint density at radius 1 is 1.57 bits per heavy atom. The van der Waals surface area contributed by atoms with Crippen molar-refractivity contribution in [2.75, 3.05) is 39.1 Å². The molecule has 0 aliphatic carbocycles. The van der Waals surface area contributed by atoms with Crippen LogP contribution in [-0.4, -0.2) is 57.9 Å². The normalized spacial score (nSPS) is 25.1. The Balaban J connectivity index is 2.53. The Bertz CT molecular complexity index is 266. The van der Waals surface area contributed by atoms with Crippen LogP contribution in [0.25, 0.3) is 0 Å². The molecule has 14 heavy (non-hydrogen) atoms. The maximum Gasteiger partial charge on any atom is 0.216 e. The molecular formula is C8H18N2O3S. The molecule has 0 spiro atoms. The van der Waals surface area contributed by atoms with Crippen molar-refractivity contribution in [2.45, 2.75) is 13.0 Å². The molecule has 84 valence electrons. The first-order valence-electron chi connectivity index (χ1n) is 4.76. The SMILES string of the molecule is COCCS(=O)(=O)N1CCN[C@H](C)C1. The summed E-state index contributed by atoms with van der Waals surface area (Å²) in [6.45, 7) is 4.11. The van der Waals surface area contributed by atoms with E-state index < -0.39 is 10.0 Å². The van der Waals surface area contributed by atoms with Crippen LogP contribution >= 0.6 is 0 Å². The molecule has 0 aromatic carbocycles. The highest BCUT2D eigenvalue weighted by Gasteiger charge is 2.26. The zero-order valence-corrected chi connectivity index (χ0v) is 9.51. The number of ether oxygens (including phenoxy) is 1. The highest BCUT2D eigenvalue weighted by Crippen LogP contribution is 2.06. The number of nitrogens with zero attached hydrogens (tertiary/aromatic N) is 1. The van der Waals surface area contributed by atoms with Crippen LogP contribution in [0.2, 0.25) is 0 Å². The molecule has 0 aromatic heterocycles. The summed E-state index contributed by atoms with van der Waals surface area (Å²) in [6.07, 6.45) is 0. The van der Waals surface area contributed by atoms with Gasteiger partial charge < -0.3 is 10.1 Å². The number of nitrogens with one attached hydrogen (secondary N) is 1. The largest absolute Gasteiger partial charge is 0.384 e. The molecular weight excluding hydrogens is 204 g/mol. The van der Waals surface area contributed by atoms with E-state index in [9.17, 15) is 8.42 Å². The first-order valence-corrected chi connectivity index (χ1v) is 6.37. The standard InChI is InChI=1S/C8H18N2O3S/c1-8-7-10(4-3-9-8)14(11,12)6-5-13-2/h8-9H,3-7H2,1-2H3/t8-/m1/s1. The van der Waals surface area contributed by atoms with Crippen LogP contribution in [0.5, 0.6) is 0 Å². The van der Waals surface area contributed by atoms with E-state index >= 15 is 0 Å². The van der Waals surface area contributed by atoms with Gasteiger partial charge in [-0.25, -0.2) is 8.42 Å². The van der Waals surface area contributed by atoms with Crippen LogP contribution in [0.4, 0.5) is 0 Å². The minimum absolute atomic E-state index is 0.0796. The van der Waals surface area contributed by atoms with Crippen LogP contribution in [0.3, 0.4) is 0 Å². The Labute approximate surface area is 85.5 Å². The van der Waals surface area contributed by atoms with E-state index in [1.54, 1.807) is 0 Å². The van der Waals surface area contributed by atoms with Crippen LogP contribution in [0.1, 0.15) is 6.92 Å². The smallest absolute Gasteiger partial charge is 0.216 e. The molecule has 0 saturated carbocycles. The lowest BCUT2D eigenvalue weighted by atomic mass is 10.3. The highest BCUT2D eigenvalue weighted by atomic mass is 32.2. The van der Waals surface area contributed by atoms with Crippen molar-refractivity contribution in [1.82, 2.24) is 9.62 Å². The predicted molar refractivity (Wildman–Crippen MR) is 54.7 cm³/mol. The summed E-state index contributed by atoms with van der Waals surface area (Å²) < 4.78 is 29.7. The molecule has 1 heterocycles. The molecule has 1 N–H and O–H groups in total. The summed E-state index contributed by atoms with van der Waals surface area (Å²) in [7, 11) is -1.60. The third kappa shape index (κ3) is 3.20. The lowest BCUT2D eigenvalue weighted by molar-refractivity contribution is 0.214. The molecule has 0 aromatic rings. The van der Waals surface area contributed by atoms with Crippen molar-refractivity contribution in [3.63, 3.8) is 0 Å². The average molecular weight is 222 g/mol. The van der Waals surface area contributed by atoms with Crippen LogP contribution in [0.15, 0.2) is 0 Å². The minimum atomic E-state index is -3.11. The zero-order chi connectivity index (χ0) is 10.6. The first kappa shape index (κ1) is 11.9. The fourth-order valence-electron chi connectivity index (χ4n) is 1.47. The van der Waals surface area contributed by atoms with Crippen molar-refractivity contribution >= 4 is 10.0 Å². The summed E-state index contributed by atoms with van der Waals surface area (Å²) in [6, 6.07) is 0.237. The zero-order valence-electron chi connectivity index (χ0n) is 8.69. The van der Waals surface area contributed by atoms with Gasteiger partial charge >= 0.3 is 0 Å². The molecule has 6 heteroatoms. The number of hydrogen-bond acceptors (Lipinski definition) is 4. The fraction of sp³-hybridized carbons (Fsp3) is 1.00. The van der Waals surface area contributed by atoms with E-state index in [-0.39, 0.29) is 18.4 Å². The number of sulfonamides is 1. The van der Waals surface area contributed by atoms with Crippen molar-refractivity contribution in [2.24, 2.45) is 0 Å². The molecule has 0 unspecified atom stereocenters. The number of rotatable bonds is 4. The van der Waals surface area contributed by atoms with Crippen LogP contribution < -0.4 is 5.32 Å². The quantitative estimate of drug-likeness (QED) is 0.680. The molecule has 1 aliphatic heterocycles. The molecule has 0 amide bonds. The third-order valence-corrected chi connectivity index (χ3v) is 4.07. The van der Waals surface area contributed by atoms with Crippen molar-refractivity contribution in [1.29, 1.82) is 0 Å². The Morgan fingerprint density at radius 2 is 2.29 bits per heavy atom. The van der Waals surface area contributed by atoms with E-state index in [4.69, 9.17) is 4.74 Å². The lowest BCUT2D eigenvalue weighted by Crippen LogP contribution is -2.52. The summed E-state index contributed by atoms with van der Waals surface area (Å²) in [4.78, 5) is 0. The van der Waals surface area contributed by atoms with E-state index in [0.717, 1.165) is 6.54 Å². The van der Waals surface area contributed by atoms with Gasteiger partial charge in [0.2, 0.25) is 10.0 Å². The molecule has 1 fully saturated rings. The fourth-order valence-corrected chi connectivity index (χ4v) is 2.92. The molecule has 0 radical (unpaired) electrons. The van der Waals surface area contributed by atoms with Crippen LogP contribution in [-0.2, 0) is 14.8 Å². The Morgan fingerprint density at radius 3 is 2.86 bits per heavy atom. The van der Waals surface area contributed by atoms with Gasteiger partial charge in [-0.1, -0.05) is 0 Å². The van der Waals surface area contributed by atoms with Gasteiger partial charge in [0, 0.05) is 32.8 Å². The van der Waals surface area contributed by atoms with E-state index in [1.807, 2.05) is 6.92 Å². The number of piperazine rings is 1. The van der Waals surface area contributed by atoms with E-state index in [2.05, 4.69) is 5.32 Å². The van der Waals surface area contributed by atoms with Gasteiger partial charge in [0.1, 0.15) is 0 Å². The van der Waals surface area contributed by atoms with Gasteiger partial charge in [-0.2, -0.15) is 4.31 Å². The van der Waals surface area contributed by atoms with Gasteiger partial charge in [-0.05, 0) is 6.92 Å². The van der Waals surface area contributed by atoms with E-state index in [0.29, 0.717) is 13.1 Å². The summed E-state index contributed by atoms with van der Waals surface area (Å²) in [5.74, 6) is 0.0796. The highest BCUT2D eigenvalue weighted by molar-refractivity contribution is 7.89. The average Bonchev–Trinajstić information content (AvgIpc) is 2.15. The van der Waals surface area contributed by atoms with Gasteiger partial charge in [-0.15, -0.1) is 0 Å². The molecule has 1 rings (SSSR count). The first-order chi connectivity index (χ1) is 6.56. The third-order valence-electron chi connectivity index (χ3n) is 2.27. The van der Waals surface area contributed by atoms with Crippen molar-refractivity contribution in [3.8, 4) is 0 Å². The lowest BCUT2D eigenvalue weighted by Gasteiger charge is -2.30. The van der Waals surface area contributed by atoms with Gasteiger partial charge in [0.05, 0.1) is 12.4 Å². The molecule has 1 saturated heterocycles. The van der Waals surface area contributed by atoms with Gasteiger partial charge in [-0.3, -0.25) is 0 Å². The predicted octanol–water partition coefficient (Wildman–Crippen LogP) is -0.744. The van der Waals surface area contributed by atoms with E-state index in [1.165, 1.54) is 11.4 Å². The maximum atomic E-state index is 11.7. The van der Waals surface area contributed by atoms with Gasteiger partial charge in [0.25, 0.3) is 0 Å². The van der Waals surface area contributed by atoms with Crippen molar-refractivity contribution < 1.29 is 13.2 Å². The molecule has 5 nitrogen and oxygen atoms in total. The number of methoxy groups -OCH3 is 1. The summed E-state index contributed by atoms with van der Waals surface area (Å²) in [5.41, 5.74) is 0. The second-order valence-corrected chi connectivity index (χ2v) is 5.61. The van der Waals surface area contributed by atoms with Crippen LogP contribution in [0, 0.1) is 0 Å². The molecule has 0 bridgehead atoms. The summed E-state index contributed by atoms with van der Waals surface area (Å²) in [5, 5.41) is 3.20. The topological polar surface area (TPSA) is 58.6 Å². The minimum Gasteiger partial charge on any atom is -0.384 e. The Hall–Kier alpha value is -0.170. The molecule has 1 aliphatic rings. The monoisotopic (exact) mass is 222 g/mol. The number of hydrogen-bond donors (Lipinski definition) is 1. The molecule has 1 atom stereocenters. The van der Waals surface area contributed by atoms with Gasteiger partial charge in [0.15, 0.2) is 0 Å². The Kier molecular flexibility index (Phi) is 4.31. The second-order valence-electron chi connectivity index (χ2n) is 3.52. The maximum absolute atomic E-state index is 11.7. The van der Waals surface area contributed by atoms with Crippen molar-refractivity contribution in [3.05, 3.63) is 0 Å². The second kappa shape index (κ2) is 5.06.